The summed E-state index contributed by atoms with van der Waals surface area (Å²) >= 11 is 1.44. The van der Waals surface area contributed by atoms with Crippen molar-refractivity contribution in [3.63, 3.8) is 0 Å². The van der Waals surface area contributed by atoms with Crippen LogP contribution in [0.25, 0.3) is 21.6 Å². The van der Waals surface area contributed by atoms with Crippen LogP contribution in [0.1, 0.15) is 16.1 Å². The van der Waals surface area contributed by atoms with Gasteiger partial charge in [-0.05, 0) is 30.3 Å². The third kappa shape index (κ3) is 3.89. The molecule has 5 rings (SSSR count). The van der Waals surface area contributed by atoms with E-state index in [1.807, 2.05) is 24.3 Å². The van der Waals surface area contributed by atoms with E-state index in [1.165, 1.54) is 11.3 Å². The first-order valence-electron chi connectivity index (χ1n) is 9.60. The lowest BCUT2D eigenvalue weighted by Gasteiger charge is -2.27. The molecule has 0 amide bonds. The van der Waals surface area contributed by atoms with Crippen LogP contribution in [0.4, 0.5) is 5.82 Å². The molecule has 8 nitrogen and oxygen atoms in total. The highest BCUT2D eigenvalue weighted by atomic mass is 32.1. The number of morpholine rings is 1. The summed E-state index contributed by atoms with van der Waals surface area (Å²) in [6, 6.07) is 9.32. The van der Waals surface area contributed by atoms with Gasteiger partial charge in [0.15, 0.2) is 10.8 Å². The molecule has 1 aliphatic heterocycles. The number of hydrogen-bond acceptors (Lipinski definition) is 9. The van der Waals surface area contributed by atoms with Crippen molar-refractivity contribution in [2.24, 2.45) is 0 Å². The molecule has 5 heterocycles. The van der Waals surface area contributed by atoms with E-state index < -0.39 is 0 Å². The minimum Gasteiger partial charge on any atom is -0.378 e. The maximum atomic E-state index is 12.9. The van der Waals surface area contributed by atoms with E-state index in [0.717, 1.165) is 40.5 Å². The SMILES string of the molecule is O=C(Cc1cc2nc(-c3nncs3)ccc2cn1)c1ccnc(N2CCOCC2)c1. The van der Waals surface area contributed by atoms with Crippen molar-refractivity contribution in [1.29, 1.82) is 0 Å². The third-order valence-corrected chi connectivity index (χ3v) is 5.67. The van der Waals surface area contributed by atoms with Crippen molar-refractivity contribution in [2.75, 3.05) is 31.2 Å². The monoisotopic (exact) mass is 418 g/mol. The van der Waals surface area contributed by atoms with E-state index in [2.05, 4.69) is 30.0 Å². The Balaban J connectivity index is 1.37. The first-order chi connectivity index (χ1) is 14.8. The largest absolute Gasteiger partial charge is 0.378 e. The molecule has 0 unspecified atom stereocenters. The second-order valence-electron chi connectivity index (χ2n) is 6.91. The zero-order valence-corrected chi connectivity index (χ0v) is 16.9. The summed E-state index contributed by atoms with van der Waals surface area (Å²) in [7, 11) is 0. The zero-order valence-electron chi connectivity index (χ0n) is 16.1. The van der Waals surface area contributed by atoms with Gasteiger partial charge in [0.2, 0.25) is 0 Å². The number of pyridine rings is 3. The van der Waals surface area contributed by atoms with Gasteiger partial charge in [-0.2, -0.15) is 0 Å². The highest BCUT2D eigenvalue weighted by Crippen LogP contribution is 2.22. The fraction of sp³-hybridized carbons (Fsp3) is 0.238. The molecule has 1 saturated heterocycles. The summed E-state index contributed by atoms with van der Waals surface area (Å²) in [5.74, 6) is 0.804. The standard InChI is InChI=1S/C21H18N6O2S/c28-19(14-3-4-22-20(9-14)27-5-7-29-8-6-27)11-16-10-18-15(12-23-16)1-2-17(25-18)21-26-24-13-30-21/h1-4,9-10,12-13H,5-8,11H2. The van der Waals surface area contributed by atoms with Gasteiger partial charge in [0.1, 0.15) is 17.0 Å². The first kappa shape index (κ1) is 18.7. The molecule has 150 valence electrons. The van der Waals surface area contributed by atoms with Crippen molar-refractivity contribution in [3.8, 4) is 10.7 Å². The topological polar surface area (TPSA) is 94.0 Å². The lowest BCUT2D eigenvalue weighted by atomic mass is 10.1. The smallest absolute Gasteiger partial charge is 0.169 e. The molecule has 0 aliphatic carbocycles. The Morgan fingerprint density at radius 3 is 2.87 bits per heavy atom. The zero-order chi connectivity index (χ0) is 20.3. The van der Waals surface area contributed by atoms with Crippen LogP contribution in [0.5, 0.6) is 0 Å². The number of rotatable bonds is 5. The molecule has 1 aliphatic rings. The number of carbonyl (C=O) groups excluding carboxylic acids is 1. The molecule has 0 atom stereocenters. The van der Waals surface area contributed by atoms with Crippen LogP contribution in [0.3, 0.4) is 0 Å². The van der Waals surface area contributed by atoms with Gasteiger partial charge in [-0.1, -0.05) is 11.3 Å². The van der Waals surface area contributed by atoms with Crippen molar-refractivity contribution in [2.45, 2.75) is 6.42 Å². The van der Waals surface area contributed by atoms with Gasteiger partial charge >= 0.3 is 0 Å². The minimum absolute atomic E-state index is 0.000891. The predicted molar refractivity (Wildman–Crippen MR) is 114 cm³/mol. The normalized spacial score (nSPS) is 14.2. The fourth-order valence-electron chi connectivity index (χ4n) is 3.38. The van der Waals surface area contributed by atoms with Crippen LogP contribution >= 0.6 is 11.3 Å². The molecule has 30 heavy (non-hydrogen) atoms. The maximum Gasteiger partial charge on any atom is 0.169 e. The van der Waals surface area contributed by atoms with Crippen LogP contribution in [0, 0.1) is 0 Å². The molecule has 0 spiro atoms. The lowest BCUT2D eigenvalue weighted by molar-refractivity contribution is 0.0992. The molecular formula is C21H18N6O2S. The summed E-state index contributed by atoms with van der Waals surface area (Å²) in [4.78, 5) is 28.5. The number of nitrogens with zero attached hydrogens (tertiary/aromatic N) is 6. The van der Waals surface area contributed by atoms with E-state index in [1.54, 1.807) is 24.0 Å². The number of aromatic nitrogens is 5. The van der Waals surface area contributed by atoms with Crippen LogP contribution in [0.2, 0.25) is 0 Å². The average molecular weight is 418 g/mol. The summed E-state index contributed by atoms with van der Waals surface area (Å²) in [5, 5.41) is 9.61. The van der Waals surface area contributed by atoms with Crippen LogP contribution in [-0.4, -0.2) is 57.2 Å². The molecule has 9 heteroatoms. The van der Waals surface area contributed by atoms with Gasteiger partial charge in [0, 0.05) is 36.4 Å². The van der Waals surface area contributed by atoms with E-state index in [4.69, 9.17) is 4.74 Å². The minimum atomic E-state index is -0.000891. The quantitative estimate of drug-likeness (QED) is 0.457. The molecule has 0 saturated carbocycles. The molecular weight excluding hydrogens is 400 g/mol. The Bertz CT molecular complexity index is 1190. The number of hydrogen-bond donors (Lipinski definition) is 0. The third-order valence-electron chi connectivity index (χ3n) is 4.95. The van der Waals surface area contributed by atoms with Gasteiger partial charge in [-0.15, -0.1) is 10.2 Å². The Hall–Kier alpha value is -3.30. The number of anilines is 1. The Kier molecular flexibility index (Phi) is 5.12. The average Bonchev–Trinajstić information content (AvgIpc) is 3.34. The summed E-state index contributed by atoms with van der Waals surface area (Å²) in [5.41, 5.74) is 4.53. The Labute approximate surface area is 176 Å². The van der Waals surface area contributed by atoms with Gasteiger partial charge in [0.05, 0.1) is 30.8 Å². The molecule has 0 aromatic carbocycles. The second-order valence-corrected chi connectivity index (χ2v) is 7.74. The van der Waals surface area contributed by atoms with E-state index in [0.29, 0.717) is 24.5 Å². The van der Waals surface area contributed by atoms with Crippen LogP contribution in [0.15, 0.2) is 48.2 Å². The van der Waals surface area contributed by atoms with Gasteiger partial charge < -0.3 is 9.64 Å². The Morgan fingerprint density at radius 1 is 1.13 bits per heavy atom. The lowest BCUT2D eigenvalue weighted by Crippen LogP contribution is -2.36. The molecule has 4 aromatic rings. The first-order valence-corrected chi connectivity index (χ1v) is 10.5. The maximum absolute atomic E-state index is 12.9. The van der Waals surface area contributed by atoms with Crippen molar-refractivity contribution in [3.05, 3.63) is 59.5 Å². The Morgan fingerprint density at radius 2 is 2.03 bits per heavy atom. The van der Waals surface area contributed by atoms with Gasteiger partial charge in [0.25, 0.3) is 0 Å². The van der Waals surface area contributed by atoms with E-state index in [9.17, 15) is 4.79 Å². The summed E-state index contributed by atoms with van der Waals surface area (Å²) < 4.78 is 5.39. The predicted octanol–water partition coefficient (Wildman–Crippen LogP) is 2.81. The fourth-order valence-corrected chi connectivity index (χ4v) is 3.91. The molecule has 1 fully saturated rings. The van der Waals surface area contributed by atoms with Crippen LogP contribution in [-0.2, 0) is 11.2 Å². The van der Waals surface area contributed by atoms with Crippen molar-refractivity contribution in [1.82, 2.24) is 25.1 Å². The molecule has 4 aromatic heterocycles. The highest BCUT2D eigenvalue weighted by Gasteiger charge is 2.15. The number of ether oxygens (including phenoxy) is 1. The van der Waals surface area contributed by atoms with Gasteiger partial charge in [-0.3, -0.25) is 9.78 Å². The summed E-state index contributed by atoms with van der Waals surface area (Å²) in [6.45, 7) is 2.90. The van der Waals surface area contributed by atoms with Crippen molar-refractivity contribution >= 4 is 33.8 Å². The molecule has 0 radical (unpaired) electrons. The number of ketones is 1. The van der Waals surface area contributed by atoms with Gasteiger partial charge in [-0.25, -0.2) is 9.97 Å². The van der Waals surface area contributed by atoms with Crippen LogP contribution < -0.4 is 4.90 Å². The number of Topliss-reactive ketones (excluding diaryl/α,β-unsaturated/α-hetero) is 1. The molecule has 0 N–H and O–H groups in total. The second kappa shape index (κ2) is 8.21. The summed E-state index contributed by atoms with van der Waals surface area (Å²) in [6.07, 6.45) is 3.63. The van der Waals surface area contributed by atoms with E-state index >= 15 is 0 Å². The van der Waals surface area contributed by atoms with E-state index in [-0.39, 0.29) is 12.2 Å². The number of fused-ring (bicyclic) bond motifs is 1. The van der Waals surface area contributed by atoms with Crippen molar-refractivity contribution < 1.29 is 9.53 Å². The highest BCUT2D eigenvalue weighted by molar-refractivity contribution is 7.12. The molecule has 0 bridgehead atoms. The number of carbonyl (C=O) groups is 1.